The number of fused-ring (bicyclic) bond motifs is 3. The molecule has 2 aromatic rings. The van der Waals surface area contributed by atoms with Crippen molar-refractivity contribution in [1.82, 2.24) is 14.9 Å². The summed E-state index contributed by atoms with van der Waals surface area (Å²) in [5.74, 6) is 1.23. The van der Waals surface area contributed by atoms with E-state index in [0.29, 0.717) is 24.5 Å². The molecule has 1 saturated heterocycles. The fourth-order valence-electron chi connectivity index (χ4n) is 4.21. The van der Waals surface area contributed by atoms with Gasteiger partial charge in [0.1, 0.15) is 10.7 Å². The Kier molecular flexibility index (Phi) is 6.36. The maximum absolute atomic E-state index is 12.7. The topological polar surface area (TPSA) is 100 Å². The summed E-state index contributed by atoms with van der Waals surface area (Å²) < 4.78 is 23.5. The van der Waals surface area contributed by atoms with Crippen LogP contribution in [-0.4, -0.2) is 59.0 Å². The van der Waals surface area contributed by atoms with Crippen molar-refractivity contribution < 1.29 is 13.2 Å². The lowest BCUT2D eigenvalue weighted by atomic mass is 9.97. The number of nitrogens with zero attached hydrogens (tertiary/aromatic N) is 2. The SMILES string of the molecule is C=CCN(C(=O)CSCc1nc2sc3c(c2c(=O)[nH]1)CCCC3)C1CCS(=O)(=O)C1. The van der Waals surface area contributed by atoms with Gasteiger partial charge in [-0.2, -0.15) is 0 Å². The van der Waals surface area contributed by atoms with Gasteiger partial charge >= 0.3 is 0 Å². The van der Waals surface area contributed by atoms with E-state index in [1.807, 2.05) is 0 Å². The van der Waals surface area contributed by atoms with Crippen LogP contribution in [0.15, 0.2) is 17.4 Å². The molecule has 30 heavy (non-hydrogen) atoms. The highest BCUT2D eigenvalue weighted by Crippen LogP contribution is 2.33. The number of carbonyl (C=O) groups is 1. The largest absolute Gasteiger partial charge is 0.334 e. The number of aromatic nitrogens is 2. The number of hydrogen-bond acceptors (Lipinski definition) is 7. The lowest BCUT2D eigenvalue weighted by molar-refractivity contribution is -0.129. The first kappa shape index (κ1) is 21.6. The quantitative estimate of drug-likeness (QED) is 0.627. The van der Waals surface area contributed by atoms with Crippen molar-refractivity contribution in [2.24, 2.45) is 0 Å². The zero-order valence-corrected chi connectivity index (χ0v) is 19.1. The Balaban J connectivity index is 1.42. The molecule has 0 spiro atoms. The van der Waals surface area contributed by atoms with Gasteiger partial charge in [-0.1, -0.05) is 6.08 Å². The summed E-state index contributed by atoms with van der Waals surface area (Å²) >= 11 is 2.99. The van der Waals surface area contributed by atoms with Crippen molar-refractivity contribution in [3.8, 4) is 0 Å². The van der Waals surface area contributed by atoms with Gasteiger partial charge in [0.15, 0.2) is 9.84 Å². The van der Waals surface area contributed by atoms with E-state index in [2.05, 4.69) is 16.5 Å². The molecule has 1 amide bonds. The number of H-pyrrole nitrogens is 1. The van der Waals surface area contributed by atoms with Gasteiger partial charge in [0.2, 0.25) is 5.91 Å². The molecule has 4 rings (SSSR count). The normalized spacial score (nSPS) is 20.2. The van der Waals surface area contributed by atoms with Gasteiger partial charge in [-0.05, 0) is 37.7 Å². The maximum Gasteiger partial charge on any atom is 0.259 e. The van der Waals surface area contributed by atoms with Gasteiger partial charge in [-0.25, -0.2) is 13.4 Å². The summed E-state index contributed by atoms with van der Waals surface area (Å²) in [5.41, 5.74) is 1.07. The second-order valence-electron chi connectivity index (χ2n) is 7.79. The average Bonchev–Trinajstić information content (AvgIpc) is 3.25. The van der Waals surface area contributed by atoms with Crippen LogP contribution in [-0.2, 0) is 33.2 Å². The van der Waals surface area contributed by atoms with Crippen LogP contribution >= 0.6 is 23.1 Å². The minimum absolute atomic E-state index is 0.0197. The fraction of sp³-hybridized carbons (Fsp3) is 0.550. The van der Waals surface area contributed by atoms with E-state index in [9.17, 15) is 18.0 Å². The van der Waals surface area contributed by atoms with Crippen molar-refractivity contribution in [2.75, 3.05) is 23.8 Å². The molecule has 0 aromatic carbocycles. The molecule has 162 valence electrons. The van der Waals surface area contributed by atoms with Crippen molar-refractivity contribution in [2.45, 2.75) is 43.9 Å². The van der Waals surface area contributed by atoms with E-state index in [-0.39, 0.29) is 34.8 Å². The molecule has 1 atom stereocenters. The van der Waals surface area contributed by atoms with Crippen LogP contribution in [0.1, 0.15) is 35.5 Å². The molecule has 1 N–H and O–H groups in total. The average molecular weight is 468 g/mol. The van der Waals surface area contributed by atoms with Crippen LogP contribution < -0.4 is 5.56 Å². The van der Waals surface area contributed by atoms with Crippen molar-refractivity contribution in [3.63, 3.8) is 0 Å². The standard InChI is InChI=1S/C20H25N3O4S3/c1-2-8-23(13-7-9-30(26,27)12-13)17(24)11-28-10-16-21-19(25)18-14-5-3-4-6-15(14)29-20(18)22-16/h2,13H,1,3-12H2,(H,21,22,25). The van der Waals surface area contributed by atoms with Crippen molar-refractivity contribution in [3.05, 3.63) is 39.3 Å². The number of thiophene rings is 1. The second-order valence-corrected chi connectivity index (χ2v) is 12.1. The molecule has 3 heterocycles. The molecule has 1 unspecified atom stereocenters. The first-order valence-corrected chi connectivity index (χ1v) is 13.9. The summed E-state index contributed by atoms with van der Waals surface area (Å²) in [5, 5.41) is 0.735. The van der Waals surface area contributed by atoms with Gasteiger partial charge in [-0.3, -0.25) is 9.59 Å². The molecule has 7 nitrogen and oxygen atoms in total. The highest BCUT2D eigenvalue weighted by Gasteiger charge is 2.34. The van der Waals surface area contributed by atoms with Gasteiger partial charge in [0.05, 0.1) is 28.4 Å². The third kappa shape index (κ3) is 4.50. The summed E-state index contributed by atoms with van der Waals surface area (Å²) in [4.78, 5) is 36.5. The third-order valence-electron chi connectivity index (χ3n) is 5.63. The Hall–Kier alpha value is -1.65. The molecule has 1 fully saturated rings. The number of amides is 1. The first-order chi connectivity index (χ1) is 14.4. The van der Waals surface area contributed by atoms with Crippen molar-refractivity contribution >= 4 is 49.1 Å². The molecule has 10 heteroatoms. The molecule has 0 radical (unpaired) electrons. The number of rotatable bonds is 7. The van der Waals surface area contributed by atoms with Crippen LogP contribution in [0.5, 0.6) is 0 Å². The lowest BCUT2D eigenvalue weighted by Gasteiger charge is -2.27. The number of aryl methyl sites for hydroxylation is 2. The smallest absolute Gasteiger partial charge is 0.259 e. The molecule has 2 aliphatic rings. The summed E-state index contributed by atoms with van der Waals surface area (Å²) in [7, 11) is -3.07. The number of hydrogen-bond donors (Lipinski definition) is 1. The van der Waals surface area contributed by atoms with Gasteiger partial charge < -0.3 is 9.88 Å². The zero-order valence-electron chi connectivity index (χ0n) is 16.7. The Morgan fingerprint density at radius 2 is 2.17 bits per heavy atom. The number of nitrogens with one attached hydrogen (secondary N) is 1. The Morgan fingerprint density at radius 3 is 2.90 bits per heavy atom. The zero-order chi connectivity index (χ0) is 21.3. The summed E-state index contributed by atoms with van der Waals surface area (Å²) in [6, 6.07) is -0.284. The molecule has 1 aliphatic carbocycles. The molecule has 1 aliphatic heterocycles. The van der Waals surface area contributed by atoms with Crippen molar-refractivity contribution in [1.29, 1.82) is 0 Å². The molecule has 0 saturated carbocycles. The van der Waals surface area contributed by atoms with Crippen LogP contribution in [0.4, 0.5) is 0 Å². The highest BCUT2D eigenvalue weighted by atomic mass is 32.2. The van der Waals surface area contributed by atoms with E-state index in [1.54, 1.807) is 22.3 Å². The molecule has 0 bridgehead atoms. The van der Waals surface area contributed by atoms with Crippen LogP contribution in [0.25, 0.3) is 10.2 Å². The predicted octanol–water partition coefficient (Wildman–Crippen LogP) is 2.30. The van der Waals surface area contributed by atoms with E-state index < -0.39 is 9.84 Å². The number of aromatic amines is 1. The maximum atomic E-state index is 12.7. The van der Waals surface area contributed by atoms with Crippen LogP contribution in [0.2, 0.25) is 0 Å². The Bertz CT molecular complexity index is 1140. The summed E-state index contributed by atoms with van der Waals surface area (Å²) in [6.07, 6.45) is 6.33. The summed E-state index contributed by atoms with van der Waals surface area (Å²) in [6.45, 7) is 4.02. The first-order valence-electron chi connectivity index (χ1n) is 10.1. The third-order valence-corrected chi connectivity index (χ3v) is 9.50. The Morgan fingerprint density at radius 1 is 1.37 bits per heavy atom. The van der Waals surface area contributed by atoms with Crippen LogP contribution in [0.3, 0.4) is 0 Å². The number of sulfone groups is 1. The second kappa shape index (κ2) is 8.84. The number of carbonyl (C=O) groups excluding carboxylic acids is 1. The molecule has 2 aromatic heterocycles. The molecular weight excluding hydrogens is 442 g/mol. The van der Waals surface area contributed by atoms with Gasteiger partial charge in [-0.15, -0.1) is 29.7 Å². The van der Waals surface area contributed by atoms with E-state index in [4.69, 9.17) is 0 Å². The minimum atomic E-state index is -3.07. The van der Waals surface area contributed by atoms with E-state index in [0.717, 1.165) is 41.5 Å². The predicted molar refractivity (Wildman–Crippen MR) is 122 cm³/mol. The lowest BCUT2D eigenvalue weighted by Crippen LogP contribution is -2.42. The monoisotopic (exact) mass is 467 g/mol. The van der Waals surface area contributed by atoms with Gasteiger partial charge in [0, 0.05) is 17.5 Å². The van der Waals surface area contributed by atoms with E-state index >= 15 is 0 Å². The molecular formula is C20H25N3O4S3. The van der Waals surface area contributed by atoms with Crippen LogP contribution in [0, 0.1) is 0 Å². The Labute approximate surface area is 183 Å². The minimum Gasteiger partial charge on any atom is -0.334 e. The number of thioether (sulfide) groups is 1. The fourth-order valence-corrected chi connectivity index (χ4v) is 7.99. The highest BCUT2D eigenvalue weighted by molar-refractivity contribution is 7.99. The van der Waals surface area contributed by atoms with E-state index in [1.165, 1.54) is 16.6 Å². The van der Waals surface area contributed by atoms with Gasteiger partial charge in [0.25, 0.3) is 5.56 Å².